The Morgan fingerprint density at radius 2 is 1.68 bits per heavy atom. The number of amides is 1. The number of nitrogens with one attached hydrogen (secondary N) is 1. The highest BCUT2D eigenvalue weighted by atomic mass is 16.6. The molecule has 5 aliphatic carbocycles. The average molecular weight is 521 g/mol. The summed E-state index contributed by atoms with van der Waals surface area (Å²) in [7, 11) is 1.48. The molecule has 0 aromatic carbocycles. The van der Waals surface area contributed by atoms with Gasteiger partial charge in [0.25, 0.3) is 0 Å². The SMILES string of the molecule is [C-]#[N+]C1=C[C@]2(C)C3=CC(=O)[C@@H]4[C@@H]5CC(C)(C)CC[C@]5(C(=O)NOC)CC[C@@]4(C)[C@]3(C)CC[C@H]2C(C)(C)C1=O. The van der Waals surface area contributed by atoms with Crippen molar-refractivity contribution in [2.45, 2.75) is 93.4 Å². The van der Waals surface area contributed by atoms with Crippen LogP contribution in [0.5, 0.6) is 0 Å². The van der Waals surface area contributed by atoms with Crippen molar-refractivity contribution in [3.63, 3.8) is 0 Å². The van der Waals surface area contributed by atoms with Gasteiger partial charge in [0.15, 0.2) is 11.6 Å². The molecule has 5 rings (SSSR count). The standard InChI is InChI=1S/C32H44N2O4/c1-27(2)12-14-32(26(37)34-38-9)15-13-31(7)24(19(32)17-27)21(35)16-23-29(5)18-20(33-8)25(36)28(3,4)22(29)10-11-30(23,31)6/h16,18-19,22,24H,10-15,17H2,1-7,9H3,(H,34,37)/t19-,22-,24-,29-,30+,31+,32-/m0/s1. The van der Waals surface area contributed by atoms with Crippen molar-refractivity contribution in [3.05, 3.63) is 34.8 Å². The van der Waals surface area contributed by atoms with Crippen molar-refractivity contribution in [2.24, 2.45) is 50.2 Å². The molecule has 0 aromatic heterocycles. The van der Waals surface area contributed by atoms with Crippen LogP contribution in [0.2, 0.25) is 0 Å². The van der Waals surface area contributed by atoms with E-state index in [1.807, 2.05) is 26.0 Å². The van der Waals surface area contributed by atoms with Crippen LogP contribution in [0.15, 0.2) is 23.4 Å². The minimum atomic E-state index is -0.667. The normalized spacial score (nSPS) is 44.8. The summed E-state index contributed by atoms with van der Waals surface area (Å²) in [5.41, 5.74) is 1.59. The maximum atomic E-state index is 14.4. The maximum absolute atomic E-state index is 14.4. The Labute approximate surface area is 227 Å². The Bertz CT molecular complexity index is 1220. The van der Waals surface area contributed by atoms with E-state index in [-0.39, 0.29) is 57.2 Å². The van der Waals surface area contributed by atoms with E-state index < -0.39 is 16.2 Å². The summed E-state index contributed by atoms with van der Waals surface area (Å²) < 4.78 is 0. The number of hydroxylamine groups is 1. The molecule has 0 aliphatic heterocycles. The van der Waals surface area contributed by atoms with E-state index in [0.29, 0.717) is 0 Å². The van der Waals surface area contributed by atoms with E-state index >= 15 is 0 Å². The molecule has 1 amide bonds. The van der Waals surface area contributed by atoms with E-state index in [1.165, 1.54) is 7.11 Å². The molecule has 0 saturated heterocycles. The van der Waals surface area contributed by atoms with Gasteiger partial charge in [-0.3, -0.25) is 14.4 Å². The van der Waals surface area contributed by atoms with Gasteiger partial charge >= 0.3 is 0 Å². The van der Waals surface area contributed by atoms with E-state index in [0.717, 1.165) is 50.5 Å². The molecular weight excluding hydrogens is 476 g/mol. The lowest BCUT2D eigenvalue weighted by molar-refractivity contribution is -0.183. The van der Waals surface area contributed by atoms with Crippen molar-refractivity contribution in [1.29, 1.82) is 0 Å². The lowest BCUT2D eigenvalue weighted by Crippen LogP contribution is -2.66. The van der Waals surface area contributed by atoms with E-state index in [1.54, 1.807) is 0 Å². The quantitative estimate of drug-likeness (QED) is 0.346. The Morgan fingerprint density at radius 3 is 2.32 bits per heavy atom. The Kier molecular flexibility index (Phi) is 5.84. The molecule has 1 N–H and O–H groups in total. The first-order valence-corrected chi connectivity index (χ1v) is 14.3. The molecule has 7 atom stereocenters. The second-order valence-corrected chi connectivity index (χ2v) is 15.0. The molecule has 206 valence electrons. The van der Waals surface area contributed by atoms with E-state index in [9.17, 15) is 14.4 Å². The third kappa shape index (κ3) is 3.23. The summed E-state index contributed by atoms with van der Waals surface area (Å²) in [4.78, 5) is 50.0. The zero-order valence-electron chi connectivity index (χ0n) is 24.4. The second kappa shape index (κ2) is 8.13. The second-order valence-electron chi connectivity index (χ2n) is 15.0. The van der Waals surface area contributed by atoms with Crippen molar-refractivity contribution < 1.29 is 19.2 Å². The fourth-order valence-electron chi connectivity index (χ4n) is 10.2. The Morgan fingerprint density at radius 1 is 1.03 bits per heavy atom. The van der Waals surface area contributed by atoms with Crippen molar-refractivity contribution in [3.8, 4) is 0 Å². The molecule has 0 aromatic rings. The summed E-state index contributed by atoms with van der Waals surface area (Å²) in [5, 5.41) is 0. The Hall–Kier alpha value is -2.26. The molecular formula is C32H44N2O4. The number of allylic oxidation sites excluding steroid dienone is 4. The maximum Gasteiger partial charge on any atom is 0.250 e. The smallest absolute Gasteiger partial charge is 0.250 e. The zero-order valence-corrected chi connectivity index (χ0v) is 24.4. The lowest BCUT2D eigenvalue weighted by atomic mass is 9.34. The van der Waals surface area contributed by atoms with Gasteiger partial charge < -0.3 is 4.79 Å². The van der Waals surface area contributed by atoms with Crippen LogP contribution in [0, 0.1) is 56.8 Å². The fraction of sp³-hybridized carbons (Fsp3) is 0.750. The number of fused-ring (bicyclic) bond motifs is 7. The van der Waals surface area contributed by atoms with E-state index in [2.05, 4.69) is 44.9 Å². The molecule has 0 radical (unpaired) electrons. The molecule has 3 fully saturated rings. The third-order valence-corrected chi connectivity index (χ3v) is 12.5. The fourth-order valence-corrected chi connectivity index (χ4v) is 10.2. The molecule has 0 unspecified atom stereocenters. The number of carbonyl (C=O) groups excluding carboxylic acids is 3. The molecule has 5 aliphatic rings. The molecule has 0 heterocycles. The van der Waals surface area contributed by atoms with Gasteiger partial charge in [0.2, 0.25) is 11.6 Å². The number of Topliss-reactive ketones (excluding diaryl/α,β-unsaturated/α-hetero) is 1. The van der Waals surface area contributed by atoms with Gasteiger partial charge in [0.1, 0.15) is 0 Å². The average Bonchev–Trinajstić information content (AvgIpc) is 2.82. The summed E-state index contributed by atoms with van der Waals surface area (Å²) in [6, 6.07) is 0. The van der Waals surface area contributed by atoms with Crippen LogP contribution in [-0.4, -0.2) is 24.6 Å². The van der Waals surface area contributed by atoms with Crippen LogP contribution in [0.1, 0.15) is 93.4 Å². The summed E-state index contributed by atoms with van der Waals surface area (Å²) in [5.74, 6) is -0.332. The molecule has 0 spiro atoms. The first kappa shape index (κ1) is 27.3. The highest BCUT2D eigenvalue weighted by molar-refractivity contribution is 6.03. The highest BCUT2D eigenvalue weighted by Crippen LogP contribution is 2.74. The van der Waals surface area contributed by atoms with Crippen LogP contribution < -0.4 is 5.48 Å². The van der Waals surface area contributed by atoms with Crippen LogP contribution in [0.3, 0.4) is 0 Å². The number of carbonyl (C=O) groups is 3. The van der Waals surface area contributed by atoms with Crippen molar-refractivity contribution in [1.82, 2.24) is 5.48 Å². The Balaban J connectivity index is 1.69. The predicted octanol–water partition coefficient (Wildman–Crippen LogP) is 6.24. The highest BCUT2D eigenvalue weighted by Gasteiger charge is 2.70. The number of nitrogens with zero attached hydrogens (tertiary/aromatic N) is 1. The zero-order chi connectivity index (χ0) is 28.1. The van der Waals surface area contributed by atoms with Crippen molar-refractivity contribution in [2.75, 3.05) is 7.11 Å². The largest absolute Gasteiger partial charge is 0.307 e. The molecule has 0 bridgehead atoms. The van der Waals surface area contributed by atoms with Gasteiger partial charge in [0.05, 0.1) is 19.1 Å². The van der Waals surface area contributed by atoms with Gasteiger partial charge in [-0.25, -0.2) is 10.3 Å². The van der Waals surface area contributed by atoms with Gasteiger partial charge in [-0.1, -0.05) is 60.1 Å². The molecule has 38 heavy (non-hydrogen) atoms. The van der Waals surface area contributed by atoms with Gasteiger partial charge in [-0.05, 0) is 79.1 Å². The van der Waals surface area contributed by atoms with E-state index in [4.69, 9.17) is 11.4 Å². The first-order chi connectivity index (χ1) is 17.5. The number of ketones is 2. The predicted molar refractivity (Wildman–Crippen MR) is 145 cm³/mol. The number of rotatable bonds is 2. The van der Waals surface area contributed by atoms with Crippen LogP contribution in [-0.2, 0) is 19.2 Å². The lowest BCUT2D eigenvalue weighted by Gasteiger charge is -2.69. The van der Waals surface area contributed by atoms with Crippen molar-refractivity contribution >= 4 is 17.5 Å². The molecule has 6 heteroatoms. The third-order valence-electron chi connectivity index (χ3n) is 12.5. The topological polar surface area (TPSA) is 76.8 Å². The summed E-state index contributed by atoms with van der Waals surface area (Å²) in [6.07, 6.45) is 9.61. The number of hydrogen-bond acceptors (Lipinski definition) is 4. The molecule has 3 saturated carbocycles. The minimum Gasteiger partial charge on any atom is -0.307 e. The van der Waals surface area contributed by atoms with Gasteiger partial charge in [-0.2, -0.15) is 0 Å². The summed E-state index contributed by atoms with van der Waals surface area (Å²) in [6.45, 7) is 23.0. The summed E-state index contributed by atoms with van der Waals surface area (Å²) >= 11 is 0. The number of hydrogen-bond donors (Lipinski definition) is 1. The van der Waals surface area contributed by atoms with Gasteiger partial charge in [-0.15, -0.1) is 0 Å². The van der Waals surface area contributed by atoms with Crippen LogP contribution in [0.4, 0.5) is 0 Å². The first-order valence-electron chi connectivity index (χ1n) is 14.3. The van der Waals surface area contributed by atoms with Gasteiger partial charge in [0, 0.05) is 16.7 Å². The molecule has 6 nitrogen and oxygen atoms in total. The van der Waals surface area contributed by atoms with Crippen LogP contribution in [0.25, 0.3) is 4.85 Å². The monoisotopic (exact) mass is 520 g/mol. The van der Waals surface area contributed by atoms with Crippen LogP contribution >= 0.6 is 0 Å². The minimum absolute atomic E-state index is 0.0315.